The zero-order valence-electron chi connectivity index (χ0n) is 10.8. The van der Waals surface area contributed by atoms with Crippen LogP contribution in [0.25, 0.3) is 0 Å². The monoisotopic (exact) mass is 248 g/mol. The molecule has 1 aromatic rings. The predicted molar refractivity (Wildman–Crippen MR) is 73.1 cm³/mol. The van der Waals surface area contributed by atoms with Crippen molar-refractivity contribution >= 4 is 11.4 Å². The molecular weight excluding hydrogens is 228 g/mol. The fourth-order valence-corrected chi connectivity index (χ4v) is 2.65. The average Bonchev–Trinajstić information content (AvgIpc) is 2.77. The summed E-state index contributed by atoms with van der Waals surface area (Å²) in [5.41, 5.74) is 2.08. The summed E-state index contributed by atoms with van der Waals surface area (Å²) in [6.07, 6.45) is 6.12. The number of benzene rings is 1. The van der Waals surface area contributed by atoms with Crippen molar-refractivity contribution in [2.24, 2.45) is 0 Å². The van der Waals surface area contributed by atoms with Crippen molar-refractivity contribution < 1.29 is 4.92 Å². The van der Waals surface area contributed by atoms with Gasteiger partial charge in [0.05, 0.1) is 4.92 Å². The summed E-state index contributed by atoms with van der Waals surface area (Å²) in [4.78, 5) is 10.6. The van der Waals surface area contributed by atoms with Crippen molar-refractivity contribution in [3.8, 4) is 0 Å². The molecule has 0 saturated carbocycles. The van der Waals surface area contributed by atoms with E-state index in [2.05, 4.69) is 12.2 Å². The number of anilines is 1. The van der Waals surface area contributed by atoms with E-state index in [4.69, 9.17) is 0 Å². The molecule has 0 radical (unpaired) electrons. The maximum atomic E-state index is 10.9. The van der Waals surface area contributed by atoms with Gasteiger partial charge in [0.2, 0.25) is 0 Å². The minimum Gasteiger partial charge on any atom is -0.379 e. The van der Waals surface area contributed by atoms with E-state index >= 15 is 0 Å². The Morgan fingerprint density at radius 1 is 1.39 bits per heavy atom. The van der Waals surface area contributed by atoms with E-state index in [1.54, 1.807) is 12.1 Å². The van der Waals surface area contributed by atoms with E-state index < -0.39 is 0 Å². The normalized spacial score (nSPS) is 17.3. The standard InChI is InChI=1S/C14H20N2O2/c1-2-3-4-5-7-11-10-15-14-12(11)8-6-9-13(14)16(17)18/h6,8-9,11,15H,2-5,7,10H2,1H3. The number of rotatable bonds is 6. The van der Waals surface area contributed by atoms with Gasteiger partial charge in [0, 0.05) is 18.5 Å². The first-order valence-corrected chi connectivity index (χ1v) is 6.75. The third-order valence-electron chi connectivity index (χ3n) is 3.64. The van der Waals surface area contributed by atoms with Gasteiger partial charge in [-0.05, 0) is 12.0 Å². The van der Waals surface area contributed by atoms with Gasteiger partial charge in [0.1, 0.15) is 5.69 Å². The first-order valence-electron chi connectivity index (χ1n) is 6.75. The third kappa shape index (κ3) is 2.63. The largest absolute Gasteiger partial charge is 0.379 e. The Labute approximate surface area is 108 Å². The second kappa shape index (κ2) is 5.85. The molecule has 1 atom stereocenters. The molecule has 0 fully saturated rings. The average molecular weight is 248 g/mol. The minimum atomic E-state index is -0.300. The van der Waals surface area contributed by atoms with Gasteiger partial charge >= 0.3 is 0 Å². The van der Waals surface area contributed by atoms with Gasteiger partial charge < -0.3 is 5.32 Å². The molecule has 0 spiro atoms. The molecule has 0 aliphatic carbocycles. The molecule has 2 rings (SSSR count). The van der Waals surface area contributed by atoms with Crippen LogP contribution in [-0.4, -0.2) is 11.5 Å². The number of hydrogen-bond acceptors (Lipinski definition) is 3. The van der Waals surface area contributed by atoms with Gasteiger partial charge in [-0.1, -0.05) is 44.7 Å². The van der Waals surface area contributed by atoms with Crippen LogP contribution in [0.15, 0.2) is 18.2 Å². The van der Waals surface area contributed by atoms with Gasteiger partial charge in [-0.3, -0.25) is 10.1 Å². The molecule has 1 heterocycles. The number of nitro groups is 1. The zero-order chi connectivity index (χ0) is 13.0. The number of nitrogens with zero attached hydrogens (tertiary/aromatic N) is 1. The zero-order valence-corrected chi connectivity index (χ0v) is 10.8. The lowest BCUT2D eigenvalue weighted by molar-refractivity contribution is -0.383. The van der Waals surface area contributed by atoms with Gasteiger partial charge in [-0.2, -0.15) is 0 Å². The van der Waals surface area contributed by atoms with Crippen LogP contribution in [0.3, 0.4) is 0 Å². The highest BCUT2D eigenvalue weighted by molar-refractivity contribution is 5.70. The Balaban J connectivity index is 2.04. The van der Waals surface area contributed by atoms with E-state index in [1.807, 2.05) is 6.07 Å². The summed E-state index contributed by atoms with van der Waals surface area (Å²) < 4.78 is 0. The fraction of sp³-hybridized carbons (Fsp3) is 0.571. The quantitative estimate of drug-likeness (QED) is 0.469. The van der Waals surface area contributed by atoms with Crippen LogP contribution in [-0.2, 0) is 0 Å². The highest BCUT2D eigenvalue weighted by Gasteiger charge is 2.27. The molecule has 98 valence electrons. The van der Waals surface area contributed by atoms with Crippen molar-refractivity contribution in [2.45, 2.75) is 44.9 Å². The third-order valence-corrected chi connectivity index (χ3v) is 3.64. The maximum absolute atomic E-state index is 10.9. The molecule has 1 unspecified atom stereocenters. The molecule has 0 aromatic heterocycles. The molecule has 0 bridgehead atoms. The lowest BCUT2D eigenvalue weighted by Gasteiger charge is -2.09. The summed E-state index contributed by atoms with van der Waals surface area (Å²) in [5, 5.41) is 14.1. The predicted octanol–water partition coefficient (Wildman–Crippen LogP) is 4.07. The summed E-state index contributed by atoms with van der Waals surface area (Å²) >= 11 is 0. The van der Waals surface area contributed by atoms with E-state index in [-0.39, 0.29) is 10.6 Å². The first kappa shape index (κ1) is 12.9. The highest BCUT2D eigenvalue weighted by Crippen LogP contribution is 2.40. The topological polar surface area (TPSA) is 55.2 Å². The number of nitrogens with one attached hydrogen (secondary N) is 1. The van der Waals surface area contributed by atoms with Crippen LogP contribution in [0.1, 0.15) is 50.5 Å². The Hall–Kier alpha value is -1.58. The van der Waals surface area contributed by atoms with Crippen molar-refractivity contribution in [3.05, 3.63) is 33.9 Å². The Kier molecular flexibility index (Phi) is 4.18. The van der Waals surface area contributed by atoms with Crippen LogP contribution in [0, 0.1) is 10.1 Å². The highest BCUT2D eigenvalue weighted by atomic mass is 16.6. The van der Waals surface area contributed by atoms with E-state index in [0.29, 0.717) is 5.92 Å². The molecule has 1 N–H and O–H groups in total. The molecule has 4 nitrogen and oxygen atoms in total. The van der Waals surface area contributed by atoms with Crippen LogP contribution in [0.2, 0.25) is 0 Å². The van der Waals surface area contributed by atoms with Gasteiger partial charge in [-0.15, -0.1) is 0 Å². The van der Waals surface area contributed by atoms with Crippen LogP contribution in [0.5, 0.6) is 0 Å². The fourth-order valence-electron chi connectivity index (χ4n) is 2.65. The van der Waals surface area contributed by atoms with Crippen molar-refractivity contribution in [1.29, 1.82) is 0 Å². The molecular formula is C14H20N2O2. The van der Waals surface area contributed by atoms with Crippen molar-refractivity contribution in [3.63, 3.8) is 0 Å². The van der Waals surface area contributed by atoms with Gasteiger partial charge in [0.15, 0.2) is 0 Å². The number of unbranched alkanes of at least 4 members (excludes halogenated alkanes) is 3. The van der Waals surface area contributed by atoms with Crippen LogP contribution >= 0.6 is 0 Å². The number of nitro benzene ring substituents is 1. The smallest absolute Gasteiger partial charge is 0.292 e. The van der Waals surface area contributed by atoms with Gasteiger partial charge in [0.25, 0.3) is 5.69 Å². The number of fused-ring (bicyclic) bond motifs is 1. The summed E-state index contributed by atoms with van der Waals surface area (Å²) in [5.74, 6) is 0.441. The van der Waals surface area contributed by atoms with E-state index in [9.17, 15) is 10.1 Å². The summed E-state index contributed by atoms with van der Waals surface area (Å²) in [7, 11) is 0. The summed E-state index contributed by atoms with van der Waals surface area (Å²) in [6, 6.07) is 5.39. The Morgan fingerprint density at radius 2 is 2.22 bits per heavy atom. The maximum Gasteiger partial charge on any atom is 0.292 e. The molecule has 0 amide bonds. The van der Waals surface area contributed by atoms with Crippen LogP contribution < -0.4 is 5.32 Å². The first-order chi connectivity index (χ1) is 8.74. The van der Waals surface area contributed by atoms with Gasteiger partial charge in [-0.25, -0.2) is 0 Å². The SMILES string of the molecule is CCCCCCC1CNc2c1cccc2[N+](=O)[O-]. The Bertz CT molecular complexity index is 432. The lowest BCUT2D eigenvalue weighted by atomic mass is 9.94. The molecule has 0 saturated heterocycles. The van der Waals surface area contributed by atoms with E-state index in [0.717, 1.165) is 24.2 Å². The molecule has 1 aliphatic rings. The van der Waals surface area contributed by atoms with Crippen molar-refractivity contribution in [2.75, 3.05) is 11.9 Å². The van der Waals surface area contributed by atoms with E-state index in [1.165, 1.54) is 25.7 Å². The number of hydrogen-bond donors (Lipinski definition) is 1. The van der Waals surface area contributed by atoms with Crippen LogP contribution in [0.4, 0.5) is 11.4 Å². The second-order valence-electron chi connectivity index (χ2n) is 4.93. The molecule has 1 aromatic carbocycles. The molecule has 4 heteroatoms. The summed E-state index contributed by atoms with van der Waals surface area (Å²) in [6.45, 7) is 3.04. The second-order valence-corrected chi connectivity index (χ2v) is 4.93. The molecule has 18 heavy (non-hydrogen) atoms. The lowest BCUT2D eigenvalue weighted by Crippen LogP contribution is -2.01. The Morgan fingerprint density at radius 3 is 2.94 bits per heavy atom. The number of para-hydroxylation sites is 1. The molecule has 1 aliphatic heterocycles. The van der Waals surface area contributed by atoms with Crippen molar-refractivity contribution in [1.82, 2.24) is 0 Å². The minimum absolute atomic E-state index is 0.212.